The van der Waals surface area contributed by atoms with E-state index in [-0.39, 0.29) is 0 Å². The van der Waals surface area contributed by atoms with Gasteiger partial charge < -0.3 is 4.74 Å². The Balaban J connectivity index is 1.23. The van der Waals surface area contributed by atoms with Crippen LogP contribution in [0.3, 0.4) is 0 Å². The molecule has 0 spiro atoms. The molecule has 0 saturated heterocycles. The van der Waals surface area contributed by atoms with Gasteiger partial charge in [0, 0.05) is 27.3 Å². The lowest BCUT2D eigenvalue weighted by atomic mass is 9.92. The van der Waals surface area contributed by atoms with Gasteiger partial charge in [0.25, 0.3) is 0 Å². The van der Waals surface area contributed by atoms with Crippen LogP contribution in [0, 0.1) is 0 Å². The first-order chi connectivity index (χ1) is 22.5. The molecule has 0 saturated carbocycles. The van der Waals surface area contributed by atoms with E-state index in [0.29, 0.717) is 17.5 Å². The molecule has 8 aromatic rings. The van der Waals surface area contributed by atoms with Gasteiger partial charge in [-0.05, 0) is 49.8 Å². The maximum atomic E-state index is 6.79. The summed E-state index contributed by atoms with van der Waals surface area (Å²) in [5, 5.41) is 9.89. The van der Waals surface area contributed by atoms with Gasteiger partial charge in [-0.1, -0.05) is 128 Å². The lowest BCUT2D eigenvalue weighted by Crippen LogP contribution is -2.49. The molecule has 5 heteroatoms. The van der Waals surface area contributed by atoms with E-state index in [9.17, 15) is 0 Å². The van der Waals surface area contributed by atoms with Crippen LogP contribution >= 0.6 is 0 Å². The van der Waals surface area contributed by atoms with E-state index in [2.05, 4.69) is 122 Å². The van der Waals surface area contributed by atoms with Crippen LogP contribution in [0.25, 0.3) is 77.6 Å². The van der Waals surface area contributed by atoms with Crippen LogP contribution in [0.15, 0.2) is 127 Å². The standard InChI is InChI=1S/C41H27N3OSi/c1-46(2)33-14-7-6-12-29(33)30-21-20-28(23-34(30)46)40-42-39(27-9-4-3-5-10-27)43-41(44-40)31-22-19-26-18-17-25-16-15-24-11-8-13-32-35(24)36(25)37(26)38(31)45-32/h3-23H,1-2H3. The summed E-state index contributed by atoms with van der Waals surface area (Å²) in [4.78, 5) is 15.4. The molecule has 2 aliphatic heterocycles. The van der Waals surface area contributed by atoms with Gasteiger partial charge in [0.05, 0.1) is 5.56 Å². The number of ether oxygens (including phenoxy) is 1. The quantitative estimate of drug-likeness (QED) is 0.149. The number of fused-ring (bicyclic) bond motifs is 3. The summed E-state index contributed by atoms with van der Waals surface area (Å²) in [5.41, 5.74) is 5.49. The summed E-state index contributed by atoms with van der Waals surface area (Å²) in [6, 6.07) is 45.1. The van der Waals surface area contributed by atoms with Crippen LogP contribution < -0.4 is 15.1 Å². The third kappa shape index (κ3) is 3.52. The van der Waals surface area contributed by atoms with Gasteiger partial charge in [-0.25, -0.2) is 15.0 Å². The Morgan fingerprint density at radius 2 is 1.09 bits per heavy atom. The molecule has 0 unspecified atom stereocenters. The van der Waals surface area contributed by atoms with Crippen LogP contribution in [-0.2, 0) is 0 Å². The molecule has 0 bridgehead atoms. The Morgan fingerprint density at radius 3 is 1.91 bits per heavy atom. The first kappa shape index (κ1) is 25.7. The number of nitrogens with zero attached hydrogens (tertiary/aromatic N) is 3. The number of hydrogen-bond acceptors (Lipinski definition) is 4. The van der Waals surface area contributed by atoms with Crippen LogP contribution in [0.4, 0.5) is 0 Å². The van der Waals surface area contributed by atoms with Crippen molar-refractivity contribution in [3.05, 3.63) is 127 Å². The van der Waals surface area contributed by atoms with Gasteiger partial charge in [-0.15, -0.1) is 0 Å². The van der Waals surface area contributed by atoms with Crippen molar-refractivity contribution in [2.24, 2.45) is 0 Å². The highest BCUT2D eigenvalue weighted by molar-refractivity contribution is 7.03. The molecule has 10 rings (SSSR count). The summed E-state index contributed by atoms with van der Waals surface area (Å²) < 4.78 is 6.79. The zero-order valence-corrected chi connectivity index (χ0v) is 26.4. The fraction of sp³-hybridized carbons (Fsp3) is 0.0488. The molecule has 3 heterocycles. The van der Waals surface area contributed by atoms with Crippen molar-refractivity contribution >= 4 is 50.8 Å². The Kier molecular flexibility index (Phi) is 5.12. The molecule has 4 nitrogen and oxygen atoms in total. The second-order valence-corrected chi connectivity index (χ2v) is 17.2. The van der Waals surface area contributed by atoms with E-state index in [1.807, 2.05) is 18.2 Å². The normalized spacial score (nSPS) is 13.8. The van der Waals surface area contributed by atoms with E-state index in [1.54, 1.807) is 0 Å². The van der Waals surface area contributed by atoms with Crippen molar-refractivity contribution in [1.29, 1.82) is 0 Å². The Labute approximate surface area is 267 Å². The minimum atomic E-state index is -1.88. The van der Waals surface area contributed by atoms with Gasteiger partial charge in [-0.2, -0.15) is 0 Å². The lowest BCUT2D eigenvalue weighted by molar-refractivity contribution is 0.494. The van der Waals surface area contributed by atoms with Crippen molar-refractivity contribution in [2.45, 2.75) is 13.1 Å². The number of aromatic nitrogens is 3. The SMILES string of the molecule is C[Si]1(C)c2ccccc2-c2ccc(-c3nc(-c4ccccc4)nc(-c4ccc5ccc6ccc7cccc8c7c6c5c4O8)n3)cc21. The van der Waals surface area contributed by atoms with Gasteiger partial charge in [0.1, 0.15) is 19.6 Å². The molecule has 0 aliphatic carbocycles. The average molecular weight is 606 g/mol. The van der Waals surface area contributed by atoms with E-state index in [4.69, 9.17) is 19.7 Å². The van der Waals surface area contributed by atoms with Crippen LogP contribution in [0.5, 0.6) is 11.5 Å². The molecular weight excluding hydrogens is 579 g/mol. The first-order valence-electron chi connectivity index (χ1n) is 15.7. The zero-order valence-electron chi connectivity index (χ0n) is 25.4. The number of rotatable bonds is 3. The maximum Gasteiger partial charge on any atom is 0.167 e. The molecule has 0 fully saturated rings. The second-order valence-electron chi connectivity index (χ2n) is 12.8. The van der Waals surface area contributed by atoms with Gasteiger partial charge in [0.15, 0.2) is 17.5 Å². The highest BCUT2D eigenvalue weighted by Gasteiger charge is 2.37. The number of hydrogen-bond donors (Lipinski definition) is 0. The molecule has 46 heavy (non-hydrogen) atoms. The van der Waals surface area contributed by atoms with E-state index < -0.39 is 8.07 Å². The first-order valence-corrected chi connectivity index (χ1v) is 18.7. The topological polar surface area (TPSA) is 47.9 Å². The van der Waals surface area contributed by atoms with Crippen molar-refractivity contribution < 1.29 is 4.74 Å². The Morgan fingerprint density at radius 1 is 0.457 bits per heavy atom. The Hall–Kier alpha value is -5.65. The molecule has 1 aromatic heterocycles. The van der Waals surface area contributed by atoms with Gasteiger partial charge in [-0.3, -0.25) is 0 Å². The fourth-order valence-corrected chi connectivity index (χ4v) is 10.7. The molecule has 216 valence electrons. The van der Waals surface area contributed by atoms with Crippen LogP contribution in [0.2, 0.25) is 13.1 Å². The fourth-order valence-electron chi connectivity index (χ4n) is 7.61. The molecule has 0 atom stereocenters. The molecule has 2 aliphatic rings. The maximum absolute atomic E-state index is 6.79. The van der Waals surface area contributed by atoms with Gasteiger partial charge >= 0.3 is 0 Å². The smallest absolute Gasteiger partial charge is 0.167 e. The van der Waals surface area contributed by atoms with E-state index >= 15 is 0 Å². The molecule has 0 radical (unpaired) electrons. The van der Waals surface area contributed by atoms with Crippen molar-refractivity contribution in [1.82, 2.24) is 15.0 Å². The van der Waals surface area contributed by atoms with Crippen LogP contribution in [-0.4, -0.2) is 23.0 Å². The lowest BCUT2D eigenvalue weighted by Gasteiger charge is -2.22. The van der Waals surface area contributed by atoms with E-state index in [1.165, 1.54) is 37.7 Å². The summed E-state index contributed by atoms with van der Waals surface area (Å²) in [6.45, 7) is 4.87. The minimum Gasteiger partial charge on any atom is -0.455 e. The molecular formula is C41H27N3OSi. The Bertz CT molecular complexity index is 2590. The predicted molar refractivity (Wildman–Crippen MR) is 191 cm³/mol. The number of benzene rings is 7. The third-order valence-electron chi connectivity index (χ3n) is 9.88. The summed E-state index contributed by atoms with van der Waals surface area (Å²) >= 11 is 0. The highest BCUT2D eigenvalue weighted by atomic mass is 28.3. The summed E-state index contributed by atoms with van der Waals surface area (Å²) in [7, 11) is -1.88. The van der Waals surface area contributed by atoms with Crippen molar-refractivity contribution in [3.8, 4) is 56.8 Å². The summed E-state index contributed by atoms with van der Waals surface area (Å²) in [6.07, 6.45) is 0. The van der Waals surface area contributed by atoms with Crippen LogP contribution in [0.1, 0.15) is 0 Å². The predicted octanol–water partition coefficient (Wildman–Crippen LogP) is 9.24. The minimum absolute atomic E-state index is 0.601. The monoisotopic (exact) mass is 605 g/mol. The van der Waals surface area contributed by atoms with E-state index in [0.717, 1.165) is 44.3 Å². The van der Waals surface area contributed by atoms with Gasteiger partial charge in [0.2, 0.25) is 0 Å². The molecule has 7 aromatic carbocycles. The third-order valence-corrected chi connectivity index (χ3v) is 13.4. The zero-order chi connectivity index (χ0) is 30.6. The molecule has 0 amide bonds. The van der Waals surface area contributed by atoms with Crippen molar-refractivity contribution in [3.63, 3.8) is 0 Å². The largest absolute Gasteiger partial charge is 0.455 e. The average Bonchev–Trinajstić information content (AvgIpc) is 3.34. The van der Waals surface area contributed by atoms with Crippen molar-refractivity contribution in [2.75, 3.05) is 0 Å². The molecule has 0 N–H and O–H groups in total. The second kappa shape index (κ2) is 9.19. The highest BCUT2D eigenvalue weighted by Crippen LogP contribution is 2.50. The summed E-state index contributed by atoms with van der Waals surface area (Å²) in [5.74, 6) is 3.56.